The normalized spacial score (nSPS) is 36.7. The summed E-state index contributed by atoms with van der Waals surface area (Å²) in [5, 5.41) is 0. The highest BCUT2D eigenvalue weighted by Gasteiger charge is 2.78. The van der Waals surface area contributed by atoms with Crippen LogP contribution in [0.5, 0.6) is 0 Å². The molecule has 4 atom stereocenters. The highest BCUT2D eigenvalue weighted by molar-refractivity contribution is 5.79. The Labute approximate surface area is 113 Å². The standard InChI is InChI=1S/C14H12F3N3/c1-2-19-10-8-9-11(19)13(9)20(12(8)10)7-4-3-6(5-18-7)14(15,16)17/h3-5,10-13H,2H2,1H3. The maximum Gasteiger partial charge on any atom is 0.417 e. The second-order valence-corrected chi connectivity index (χ2v) is 5.83. The van der Waals surface area contributed by atoms with Crippen molar-refractivity contribution >= 4 is 5.82 Å². The van der Waals surface area contributed by atoms with Crippen LogP contribution >= 0.6 is 0 Å². The summed E-state index contributed by atoms with van der Waals surface area (Å²) in [5.74, 6) is 0.682. The zero-order chi connectivity index (χ0) is 13.8. The van der Waals surface area contributed by atoms with E-state index in [2.05, 4.69) is 21.7 Å². The van der Waals surface area contributed by atoms with E-state index in [1.165, 1.54) is 17.2 Å². The number of rotatable bonds is 2. The van der Waals surface area contributed by atoms with Gasteiger partial charge in [-0.2, -0.15) is 13.2 Å². The van der Waals surface area contributed by atoms with Gasteiger partial charge < -0.3 is 4.90 Å². The first-order valence-corrected chi connectivity index (χ1v) is 6.85. The Bertz CT molecular complexity index is 623. The summed E-state index contributed by atoms with van der Waals surface area (Å²) in [7, 11) is 0. The SMILES string of the molecule is CCN1C2C3=C4C1C4N(c1ccc(C(F)(F)F)cn1)C32. The van der Waals surface area contributed by atoms with Gasteiger partial charge >= 0.3 is 6.18 Å². The van der Waals surface area contributed by atoms with Gasteiger partial charge in [-0.25, -0.2) is 4.98 Å². The zero-order valence-electron chi connectivity index (χ0n) is 10.7. The van der Waals surface area contributed by atoms with Crippen molar-refractivity contribution in [3.8, 4) is 0 Å². The molecule has 20 heavy (non-hydrogen) atoms. The second-order valence-electron chi connectivity index (χ2n) is 5.83. The molecule has 4 aliphatic rings. The third-order valence-corrected chi connectivity index (χ3v) is 5.01. The van der Waals surface area contributed by atoms with E-state index in [0.717, 1.165) is 18.8 Å². The van der Waals surface area contributed by atoms with Crippen LogP contribution in [0.1, 0.15) is 12.5 Å². The molecule has 0 N–H and O–H groups in total. The summed E-state index contributed by atoms with van der Waals surface area (Å²) in [6.45, 7) is 3.21. The first-order chi connectivity index (χ1) is 9.54. The molecule has 0 radical (unpaired) electrons. The second kappa shape index (κ2) is 3.03. The number of fused-ring (bicyclic) bond motifs is 2. The fraction of sp³-hybridized carbons (Fsp3) is 0.500. The molecule has 1 aromatic heterocycles. The zero-order valence-corrected chi connectivity index (χ0v) is 10.7. The van der Waals surface area contributed by atoms with Gasteiger partial charge in [-0.3, -0.25) is 4.90 Å². The molecule has 2 saturated carbocycles. The molecule has 0 amide bonds. The highest BCUT2D eigenvalue weighted by Crippen LogP contribution is 2.69. The topological polar surface area (TPSA) is 19.4 Å². The summed E-state index contributed by atoms with van der Waals surface area (Å²) in [6.07, 6.45) is -3.37. The molecule has 5 rings (SSSR count). The lowest BCUT2D eigenvalue weighted by Crippen LogP contribution is -2.46. The molecule has 4 unspecified atom stereocenters. The third-order valence-electron chi connectivity index (χ3n) is 5.01. The number of likely N-dealkylation sites (N-methyl/N-ethyl adjacent to an activating group) is 1. The number of piperazine rings is 1. The molecule has 3 heterocycles. The summed E-state index contributed by atoms with van der Waals surface area (Å²) >= 11 is 0. The van der Waals surface area contributed by atoms with Crippen LogP contribution in [-0.4, -0.2) is 40.6 Å². The van der Waals surface area contributed by atoms with Crippen LogP contribution in [-0.2, 0) is 6.18 Å². The average molecular weight is 279 g/mol. The smallest absolute Gasteiger partial charge is 0.339 e. The first-order valence-electron chi connectivity index (χ1n) is 6.85. The monoisotopic (exact) mass is 279 g/mol. The molecular weight excluding hydrogens is 267 g/mol. The number of nitrogens with zero attached hydrogens (tertiary/aromatic N) is 3. The minimum absolute atomic E-state index is 0.379. The van der Waals surface area contributed by atoms with Crippen LogP contribution in [0, 0.1) is 0 Å². The van der Waals surface area contributed by atoms with Gasteiger partial charge in [-0.1, -0.05) is 6.92 Å². The van der Waals surface area contributed by atoms with E-state index in [0.29, 0.717) is 30.0 Å². The van der Waals surface area contributed by atoms with Gasteiger partial charge in [0.25, 0.3) is 0 Å². The minimum atomic E-state index is -4.31. The van der Waals surface area contributed by atoms with Crippen molar-refractivity contribution < 1.29 is 13.2 Å². The number of aromatic nitrogens is 1. The van der Waals surface area contributed by atoms with Gasteiger partial charge in [-0.05, 0) is 29.8 Å². The lowest BCUT2D eigenvalue weighted by atomic mass is 10.2. The number of hydrogen-bond acceptors (Lipinski definition) is 3. The van der Waals surface area contributed by atoms with Crippen LogP contribution in [0.2, 0.25) is 0 Å². The summed E-state index contributed by atoms with van der Waals surface area (Å²) in [6, 6.07) is 4.42. The number of halogens is 3. The maximum absolute atomic E-state index is 12.6. The van der Waals surface area contributed by atoms with Crippen LogP contribution in [0.25, 0.3) is 0 Å². The molecule has 6 heteroatoms. The Kier molecular flexibility index (Phi) is 1.69. The Hall–Kier alpha value is -1.56. The molecular formula is C14H12F3N3. The van der Waals surface area contributed by atoms with Crippen LogP contribution < -0.4 is 4.90 Å². The lowest BCUT2D eigenvalue weighted by molar-refractivity contribution is -0.137. The summed E-state index contributed by atoms with van der Waals surface area (Å²) in [5.41, 5.74) is 2.35. The predicted octanol–water partition coefficient (Wildman–Crippen LogP) is 2.05. The molecule has 0 aromatic carbocycles. The van der Waals surface area contributed by atoms with Gasteiger partial charge in [0.15, 0.2) is 0 Å². The van der Waals surface area contributed by atoms with E-state index >= 15 is 0 Å². The van der Waals surface area contributed by atoms with E-state index in [4.69, 9.17) is 0 Å². The Balaban J connectivity index is 1.45. The van der Waals surface area contributed by atoms with Crippen LogP contribution in [0.3, 0.4) is 0 Å². The van der Waals surface area contributed by atoms with Crippen LogP contribution in [0.15, 0.2) is 29.5 Å². The van der Waals surface area contributed by atoms with Gasteiger partial charge in [0.05, 0.1) is 29.7 Å². The summed E-state index contributed by atoms with van der Waals surface area (Å²) < 4.78 is 37.7. The molecule has 1 aromatic rings. The van der Waals surface area contributed by atoms with Crippen molar-refractivity contribution in [2.24, 2.45) is 0 Å². The largest absolute Gasteiger partial charge is 0.417 e. The van der Waals surface area contributed by atoms with Crippen molar-refractivity contribution in [2.75, 3.05) is 11.4 Å². The third kappa shape index (κ3) is 1.07. The van der Waals surface area contributed by atoms with Crippen LogP contribution in [0.4, 0.5) is 19.0 Å². The molecule has 2 aliphatic carbocycles. The summed E-state index contributed by atoms with van der Waals surface area (Å²) in [4.78, 5) is 8.76. The van der Waals surface area contributed by atoms with Crippen molar-refractivity contribution in [3.63, 3.8) is 0 Å². The van der Waals surface area contributed by atoms with Gasteiger partial charge in [0.1, 0.15) is 5.82 Å². The average Bonchev–Trinajstić information content (AvgIpc) is 3.26. The van der Waals surface area contributed by atoms with Crippen molar-refractivity contribution in [2.45, 2.75) is 37.3 Å². The quantitative estimate of drug-likeness (QED) is 0.772. The molecule has 104 valence electrons. The molecule has 2 fully saturated rings. The van der Waals surface area contributed by atoms with Crippen molar-refractivity contribution in [1.82, 2.24) is 9.88 Å². The van der Waals surface area contributed by atoms with Gasteiger partial charge in [0.2, 0.25) is 0 Å². The number of hydrogen-bond donors (Lipinski definition) is 0. The van der Waals surface area contributed by atoms with Crippen molar-refractivity contribution in [1.29, 1.82) is 0 Å². The van der Waals surface area contributed by atoms with Gasteiger partial charge in [0, 0.05) is 6.20 Å². The first kappa shape index (κ1) is 11.1. The minimum Gasteiger partial charge on any atom is -0.339 e. The number of anilines is 1. The molecule has 0 spiro atoms. The van der Waals surface area contributed by atoms with E-state index < -0.39 is 11.7 Å². The number of pyridine rings is 1. The van der Waals surface area contributed by atoms with Crippen molar-refractivity contribution in [3.05, 3.63) is 35.0 Å². The predicted molar refractivity (Wildman–Crippen MR) is 66.3 cm³/mol. The molecule has 2 aliphatic heterocycles. The maximum atomic E-state index is 12.6. The number of alkyl halides is 3. The van der Waals surface area contributed by atoms with E-state index in [1.54, 1.807) is 0 Å². The molecule has 0 bridgehead atoms. The van der Waals surface area contributed by atoms with Gasteiger partial charge in [-0.15, -0.1) is 0 Å². The Morgan fingerprint density at radius 2 is 1.75 bits per heavy atom. The van der Waals surface area contributed by atoms with E-state index in [-0.39, 0.29) is 0 Å². The Morgan fingerprint density at radius 3 is 2.20 bits per heavy atom. The fourth-order valence-corrected chi connectivity index (χ4v) is 4.21. The molecule has 0 saturated heterocycles. The lowest BCUT2D eigenvalue weighted by Gasteiger charge is -2.32. The molecule has 3 nitrogen and oxygen atoms in total. The highest BCUT2D eigenvalue weighted by atomic mass is 19.4. The fourth-order valence-electron chi connectivity index (χ4n) is 4.21. The van der Waals surface area contributed by atoms with E-state index in [9.17, 15) is 13.2 Å². The van der Waals surface area contributed by atoms with E-state index in [1.807, 2.05) is 0 Å². The Morgan fingerprint density at radius 1 is 1.10 bits per heavy atom.